The van der Waals surface area contributed by atoms with E-state index in [2.05, 4.69) is 11.4 Å². The van der Waals surface area contributed by atoms with E-state index >= 15 is 0 Å². The van der Waals surface area contributed by atoms with E-state index in [1.54, 1.807) is 24.3 Å². The summed E-state index contributed by atoms with van der Waals surface area (Å²) in [5, 5.41) is 12.0. The van der Waals surface area contributed by atoms with Gasteiger partial charge >= 0.3 is 0 Å². The molecule has 0 radical (unpaired) electrons. The van der Waals surface area contributed by atoms with E-state index in [4.69, 9.17) is 10.00 Å². The number of hydrogen-bond donors (Lipinski definition) is 1. The third-order valence-electron chi connectivity index (χ3n) is 3.13. The highest BCUT2D eigenvalue weighted by Gasteiger charge is 2.25. The van der Waals surface area contributed by atoms with Crippen molar-refractivity contribution in [2.45, 2.75) is 46.3 Å². The predicted octanol–water partition coefficient (Wildman–Crippen LogP) is 2.88. The lowest BCUT2D eigenvalue weighted by atomic mass is 10.1. The molecule has 0 aliphatic carbocycles. The molecule has 4 nitrogen and oxygen atoms in total. The summed E-state index contributed by atoms with van der Waals surface area (Å²) >= 11 is 0. The van der Waals surface area contributed by atoms with Gasteiger partial charge in [-0.05, 0) is 31.4 Å². The minimum absolute atomic E-state index is 0.0193. The Morgan fingerprint density at radius 3 is 2.55 bits per heavy atom. The SMILES string of the molecule is CCC(C)NC(=O)C(Oc1ccccc1C#N)C(C)C. The smallest absolute Gasteiger partial charge is 0.261 e. The van der Waals surface area contributed by atoms with Crippen LogP contribution in [-0.2, 0) is 4.79 Å². The van der Waals surface area contributed by atoms with Crippen LogP contribution < -0.4 is 10.1 Å². The molecular weight excluding hydrogens is 252 g/mol. The van der Waals surface area contributed by atoms with Crippen molar-refractivity contribution >= 4 is 5.91 Å². The van der Waals surface area contributed by atoms with Crippen LogP contribution in [0.1, 0.15) is 39.7 Å². The molecule has 0 heterocycles. The molecule has 1 amide bonds. The summed E-state index contributed by atoms with van der Waals surface area (Å²) in [5.41, 5.74) is 0.439. The number of carbonyl (C=O) groups is 1. The Morgan fingerprint density at radius 2 is 2.00 bits per heavy atom. The molecule has 20 heavy (non-hydrogen) atoms. The number of nitriles is 1. The molecule has 1 aromatic rings. The van der Waals surface area contributed by atoms with Crippen molar-refractivity contribution < 1.29 is 9.53 Å². The first-order valence-corrected chi connectivity index (χ1v) is 6.95. The summed E-state index contributed by atoms with van der Waals surface area (Å²) in [5.74, 6) is 0.334. The molecule has 0 bridgehead atoms. The van der Waals surface area contributed by atoms with Gasteiger partial charge < -0.3 is 10.1 Å². The summed E-state index contributed by atoms with van der Waals surface area (Å²) in [7, 11) is 0. The first-order valence-electron chi connectivity index (χ1n) is 6.95. The van der Waals surface area contributed by atoms with Crippen LogP contribution in [0.3, 0.4) is 0 Å². The van der Waals surface area contributed by atoms with Crippen LogP contribution in [0.2, 0.25) is 0 Å². The van der Waals surface area contributed by atoms with Crippen LogP contribution in [0.15, 0.2) is 24.3 Å². The number of para-hydroxylation sites is 1. The Morgan fingerprint density at radius 1 is 1.35 bits per heavy atom. The van der Waals surface area contributed by atoms with Gasteiger partial charge in [0.1, 0.15) is 11.8 Å². The largest absolute Gasteiger partial charge is 0.479 e. The van der Waals surface area contributed by atoms with Crippen molar-refractivity contribution in [3.05, 3.63) is 29.8 Å². The van der Waals surface area contributed by atoms with Gasteiger partial charge in [0, 0.05) is 6.04 Å². The van der Waals surface area contributed by atoms with Crippen LogP contribution in [0.25, 0.3) is 0 Å². The molecule has 1 N–H and O–H groups in total. The second-order valence-corrected chi connectivity index (χ2v) is 5.21. The third-order valence-corrected chi connectivity index (χ3v) is 3.13. The number of amides is 1. The second-order valence-electron chi connectivity index (χ2n) is 5.21. The topological polar surface area (TPSA) is 62.1 Å². The third kappa shape index (κ3) is 4.27. The van der Waals surface area contributed by atoms with Crippen molar-refractivity contribution in [2.24, 2.45) is 5.92 Å². The molecule has 1 rings (SSSR count). The van der Waals surface area contributed by atoms with E-state index < -0.39 is 6.10 Å². The zero-order chi connectivity index (χ0) is 15.1. The number of nitrogens with one attached hydrogen (secondary N) is 1. The quantitative estimate of drug-likeness (QED) is 0.867. The normalized spacial score (nSPS) is 13.4. The van der Waals surface area contributed by atoms with Crippen LogP contribution in [0, 0.1) is 17.2 Å². The number of benzene rings is 1. The molecule has 0 fully saturated rings. The minimum Gasteiger partial charge on any atom is -0.479 e. The molecule has 0 saturated heterocycles. The Labute approximate surface area is 120 Å². The highest BCUT2D eigenvalue weighted by atomic mass is 16.5. The van der Waals surface area contributed by atoms with Gasteiger partial charge in [0.05, 0.1) is 5.56 Å². The zero-order valence-corrected chi connectivity index (χ0v) is 12.5. The monoisotopic (exact) mass is 274 g/mol. The van der Waals surface area contributed by atoms with Crippen molar-refractivity contribution in [2.75, 3.05) is 0 Å². The fraction of sp³-hybridized carbons (Fsp3) is 0.500. The Bertz CT molecular complexity index is 491. The van der Waals surface area contributed by atoms with E-state index in [0.29, 0.717) is 11.3 Å². The van der Waals surface area contributed by atoms with E-state index in [9.17, 15) is 4.79 Å². The predicted molar refractivity (Wildman–Crippen MR) is 78.3 cm³/mol. The van der Waals surface area contributed by atoms with Crippen molar-refractivity contribution in [1.29, 1.82) is 5.26 Å². The zero-order valence-electron chi connectivity index (χ0n) is 12.5. The van der Waals surface area contributed by atoms with Crippen LogP contribution in [0.4, 0.5) is 0 Å². The molecule has 0 spiro atoms. The summed E-state index contributed by atoms with van der Waals surface area (Å²) in [6.45, 7) is 7.82. The highest BCUT2D eigenvalue weighted by Crippen LogP contribution is 2.20. The summed E-state index contributed by atoms with van der Waals surface area (Å²) in [6, 6.07) is 9.14. The first kappa shape index (κ1) is 16.0. The van der Waals surface area contributed by atoms with Gasteiger partial charge in [-0.1, -0.05) is 32.9 Å². The molecule has 0 aliphatic rings. The average Bonchev–Trinajstić information content (AvgIpc) is 2.44. The number of ether oxygens (including phenoxy) is 1. The molecule has 4 heteroatoms. The van der Waals surface area contributed by atoms with E-state index in [-0.39, 0.29) is 17.9 Å². The fourth-order valence-corrected chi connectivity index (χ4v) is 1.72. The minimum atomic E-state index is -0.599. The lowest BCUT2D eigenvalue weighted by Gasteiger charge is -2.24. The molecule has 0 aliphatic heterocycles. The average molecular weight is 274 g/mol. The van der Waals surface area contributed by atoms with Gasteiger partial charge in [0.2, 0.25) is 0 Å². The Kier molecular flexibility index (Phi) is 6.05. The molecule has 1 aromatic carbocycles. The standard InChI is InChI=1S/C16H22N2O2/c1-5-12(4)18-16(19)15(11(2)3)20-14-9-7-6-8-13(14)10-17/h6-9,11-12,15H,5H2,1-4H3,(H,18,19). The van der Waals surface area contributed by atoms with E-state index in [1.807, 2.05) is 27.7 Å². The van der Waals surface area contributed by atoms with Gasteiger partial charge in [-0.15, -0.1) is 0 Å². The number of carbonyl (C=O) groups excluding carboxylic acids is 1. The highest BCUT2D eigenvalue weighted by molar-refractivity contribution is 5.81. The fourth-order valence-electron chi connectivity index (χ4n) is 1.72. The number of nitrogens with zero attached hydrogens (tertiary/aromatic N) is 1. The van der Waals surface area contributed by atoms with Gasteiger partial charge in [-0.2, -0.15) is 5.26 Å². The maximum absolute atomic E-state index is 12.2. The van der Waals surface area contributed by atoms with Crippen molar-refractivity contribution in [3.63, 3.8) is 0 Å². The van der Waals surface area contributed by atoms with Crippen molar-refractivity contribution in [1.82, 2.24) is 5.32 Å². The molecule has 0 aromatic heterocycles. The maximum atomic E-state index is 12.2. The molecule has 0 saturated carbocycles. The Balaban J connectivity index is 2.88. The summed E-state index contributed by atoms with van der Waals surface area (Å²) in [6.07, 6.45) is 0.268. The molecule has 2 unspecified atom stereocenters. The van der Waals surface area contributed by atoms with Crippen LogP contribution in [0.5, 0.6) is 5.75 Å². The van der Waals surface area contributed by atoms with Gasteiger partial charge in [0.25, 0.3) is 5.91 Å². The lowest BCUT2D eigenvalue weighted by Crippen LogP contribution is -2.45. The van der Waals surface area contributed by atoms with Gasteiger partial charge in [-0.3, -0.25) is 4.79 Å². The van der Waals surface area contributed by atoms with Gasteiger partial charge in [-0.25, -0.2) is 0 Å². The number of rotatable bonds is 6. The van der Waals surface area contributed by atoms with Crippen molar-refractivity contribution in [3.8, 4) is 11.8 Å². The molecule has 2 atom stereocenters. The van der Waals surface area contributed by atoms with E-state index in [0.717, 1.165) is 6.42 Å². The van der Waals surface area contributed by atoms with Crippen LogP contribution in [-0.4, -0.2) is 18.1 Å². The lowest BCUT2D eigenvalue weighted by molar-refractivity contribution is -0.130. The Hall–Kier alpha value is -2.02. The summed E-state index contributed by atoms with van der Waals surface area (Å²) in [4.78, 5) is 12.2. The maximum Gasteiger partial charge on any atom is 0.261 e. The molecular formula is C16H22N2O2. The molecule has 108 valence electrons. The van der Waals surface area contributed by atoms with Gasteiger partial charge in [0.15, 0.2) is 6.10 Å². The van der Waals surface area contributed by atoms with Crippen LogP contribution >= 0.6 is 0 Å². The van der Waals surface area contributed by atoms with E-state index in [1.165, 1.54) is 0 Å². The second kappa shape index (κ2) is 7.54. The number of hydrogen-bond acceptors (Lipinski definition) is 3. The summed E-state index contributed by atoms with van der Waals surface area (Å²) < 4.78 is 5.77. The first-order chi connectivity index (χ1) is 9.49.